The van der Waals surface area contributed by atoms with E-state index >= 15 is 0 Å². The van der Waals surface area contributed by atoms with Crippen molar-refractivity contribution in [2.45, 2.75) is 19.1 Å². The lowest BCUT2D eigenvalue weighted by Crippen LogP contribution is -2.30. The summed E-state index contributed by atoms with van der Waals surface area (Å²) in [5, 5.41) is 13.8. The van der Waals surface area contributed by atoms with Crippen LogP contribution in [0.15, 0.2) is 72.8 Å². The number of carboxylic acid groups (broad SMARTS) is 1. The zero-order chi connectivity index (χ0) is 18.4. The molecular weight excluding hydrogens is 330 g/mol. The van der Waals surface area contributed by atoms with Crippen molar-refractivity contribution >= 4 is 22.8 Å². The largest absolute Gasteiger partial charge is 0.481 e. The number of nitrogens with one attached hydrogen (secondary N) is 1. The number of aliphatic carboxylic acids is 1. The van der Waals surface area contributed by atoms with E-state index in [-0.39, 0.29) is 13.0 Å². The monoisotopic (exact) mass is 349 g/mol. The molecule has 0 saturated carbocycles. The van der Waals surface area contributed by atoms with Crippen molar-refractivity contribution < 1.29 is 19.4 Å². The standard InChI is InChI=1S/C21H19NO4/c23-20(24)13-19(18-12-6-10-16-9-4-5-11-17(16)18)22-21(25)26-14-15-7-2-1-3-8-15/h1-12,19H,13-14H2,(H,22,25)(H,23,24)/t19-/m1/s1. The van der Waals surface area contributed by atoms with Crippen LogP contribution in [0.4, 0.5) is 4.79 Å². The highest BCUT2D eigenvalue weighted by Gasteiger charge is 2.20. The summed E-state index contributed by atoms with van der Waals surface area (Å²) in [6.45, 7) is 0.127. The van der Waals surface area contributed by atoms with E-state index in [1.807, 2.05) is 72.8 Å². The maximum absolute atomic E-state index is 12.2. The highest BCUT2D eigenvalue weighted by molar-refractivity contribution is 5.87. The van der Waals surface area contributed by atoms with Gasteiger partial charge in [-0.3, -0.25) is 4.79 Å². The molecule has 5 nitrogen and oxygen atoms in total. The average Bonchev–Trinajstić information content (AvgIpc) is 2.66. The smallest absolute Gasteiger partial charge is 0.407 e. The van der Waals surface area contributed by atoms with Crippen LogP contribution in [0.1, 0.15) is 23.6 Å². The van der Waals surface area contributed by atoms with E-state index in [9.17, 15) is 14.7 Å². The number of fused-ring (bicyclic) bond motifs is 1. The Morgan fingerprint density at radius 2 is 1.62 bits per heavy atom. The molecule has 0 aliphatic rings. The number of carbonyl (C=O) groups excluding carboxylic acids is 1. The van der Waals surface area contributed by atoms with Gasteiger partial charge in [0.2, 0.25) is 0 Å². The Bertz CT molecular complexity index is 903. The number of rotatable bonds is 6. The summed E-state index contributed by atoms with van der Waals surface area (Å²) in [4.78, 5) is 23.5. The number of amides is 1. The van der Waals surface area contributed by atoms with Crippen LogP contribution in [0, 0.1) is 0 Å². The van der Waals surface area contributed by atoms with Crippen LogP contribution in [-0.4, -0.2) is 17.2 Å². The number of carbonyl (C=O) groups is 2. The first-order valence-electron chi connectivity index (χ1n) is 8.30. The van der Waals surface area contributed by atoms with Gasteiger partial charge in [0.15, 0.2) is 0 Å². The maximum Gasteiger partial charge on any atom is 0.407 e. The van der Waals surface area contributed by atoms with Gasteiger partial charge in [-0.2, -0.15) is 0 Å². The highest BCUT2D eigenvalue weighted by atomic mass is 16.5. The highest BCUT2D eigenvalue weighted by Crippen LogP contribution is 2.26. The predicted molar refractivity (Wildman–Crippen MR) is 98.7 cm³/mol. The van der Waals surface area contributed by atoms with E-state index in [0.717, 1.165) is 21.9 Å². The molecule has 0 spiro atoms. The summed E-state index contributed by atoms with van der Waals surface area (Å²) in [6.07, 6.45) is -0.873. The van der Waals surface area contributed by atoms with Crippen molar-refractivity contribution in [1.82, 2.24) is 5.32 Å². The molecule has 5 heteroatoms. The molecule has 1 amide bonds. The zero-order valence-electron chi connectivity index (χ0n) is 14.1. The first-order valence-corrected chi connectivity index (χ1v) is 8.30. The van der Waals surface area contributed by atoms with E-state index in [4.69, 9.17) is 4.74 Å². The number of hydrogen-bond donors (Lipinski definition) is 2. The molecule has 132 valence electrons. The molecule has 0 radical (unpaired) electrons. The third-order valence-electron chi connectivity index (χ3n) is 4.08. The Hall–Kier alpha value is -3.34. The van der Waals surface area contributed by atoms with Gasteiger partial charge in [-0.25, -0.2) is 4.79 Å². The normalized spacial score (nSPS) is 11.7. The van der Waals surface area contributed by atoms with Gasteiger partial charge in [-0.15, -0.1) is 0 Å². The molecule has 3 aromatic rings. The van der Waals surface area contributed by atoms with E-state index in [1.54, 1.807) is 0 Å². The fraction of sp³-hybridized carbons (Fsp3) is 0.143. The van der Waals surface area contributed by atoms with Crippen LogP contribution in [0.5, 0.6) is 0 Å². The molecular formula is C21H19NO4. The molecule has 0 heterocycles. The van der Waals surface area contributed by atoms with Crippen molar-refractivity contribution in [2.24, 2.45) is 0 Å². The van der Waals surface area contributed by atoms with E-state index in [0.29, 0.717) is 0 Å². The van der Waals surface area contributed by atoms with Gasteiger partial charge in [0.25, 0.3) is 0 Å². The van der Waals surface area contributed by atoms with Gasteiger partial charge in [0.1, 0.15) is 6.61 Å². The fourth-order valence-corrected chi connectivity index (χ4v) is 2.87. The van der Waals surface area contributed by atoms with Crippen LogP contribution in [0.25, 0.3) is 10.8 Å². The lowest BCUT2D eigenvalue weighted by molar-refractivity contribution is -0.137. The van der Waals surface area contributed by atoms with Gasteiger partial charge in [0, 0.05) is 0 Å². The zero-order valence-corrected chi connectivity index (χ0v) is 14.1. The first kappa shape index (κ1) is 17.5. The number of ether oxygens (including phenoxy) is 1. The van der Waals surface area contributed by atoms with E-state index in [2.05, 4.69) is 5.32 Å². The minimum absolute atomic E-state index is 0.127. The number of carboxylic acids is 1. The van der Waals surface area contributed by atoms with Crippen molar-refractivity contribution in [3.05, 3.63) is 83.9 Å². The Labute approximate surface area is 151 Å². The second-order valence-electron chi connectivity index (χ2n) is 5.92. The number of hydrogen-bond acceptors (Lipinski definition) is 3. The second-order valence-corrected chi connectivity index (χ2v) is 5.92. The van der Waals surface area contributed by atoms with Crippen molar-refractivity contribution in [3.63, 3.8) is 0 Å². The van der Waals surface area contributed by atoms with E-state index in [1.165, 1.54) is 0 Å². The van der Waals surface area contributed by atoms with Gasteiger partial charge in [0.05, 0.1) is 12.5 Å². The Kier molecular flexibility index (Phi) is 5.49. The fourth-order valence-electron chi connectivity index (χ4n) is 2.87. The Morgan fingerprint density at radius 3 is 2.38 bits per heavy atom. The minimum atomic E-state index is -0.994. The van der Waals surface area contributed by atoms with Gasteiger partial charge < -0.3 is 15.2 Å². The number of benzene rings is 3. The Morgan fingerprint density at radius 1 is 0.923 bits per heavy atom. The molecule has 0 bridgehead atoms. The van der Waals surface area contributed by atoms with Crippen LogP contribution in [0.3, 0.4) is 0 Å². The Balaban J connectivity index is 1.77. The molecule has 0 aliphatic carbocycles. The van der Waals surface area contributed by atoms with Crippen molar-refractivity contribution in [2.75, 3.05) is 0 Å². The van der Waals surface area contributed by atoms with Crippen LogP contribution < -0.4 is 5.32 Å². The molecule has 3 rings (SSSR count). The van der Waals surface area contributed by atoms with Crippen LogP contribution >= 0.6 is 0 Å². The summed E-state index contributed by atoms with van der Waals surface area (Å²) in [5.41, 5.74) is 1.62. The molecule has 1 atom stereocenters. The molecule has 2 N–H and O–H groups in total. The SMILES string of the molecule is O=C(O)C[C@@H](NC(=O)OCc1ccccc1)c1cccc2ccccc12. The summed E-state index contributed by atoms with van der Waals surface area (Å²) in [6, 6.07) is 21.9. The predicted octanol–water partition coefficient (Wildman–Crippen LogP) is 4.28. The molecule has 0 unspecified atom stereocenters. The van der Waals surface area contributed by atoms with Crippen LogP contribution in [-0.2, 0) is 16.1 Å². The van der Waals surface area contributed by atoms with Crippen molar-refractivity contribution in [3.8, 4) is 0 Å². The molecule has 0 aromatic heterocycles. The summed E-state index contributed by atoms with van der Waals surface area (Å²) >= 11 is 0. The molecule has 0 saturated heterocycles. The topological polar surface area (TPSA) is 75.6 Å². The van der Waals surface area contributed by atoms with Gasteiger partial charge in [-0.1, -0.05) is 72.8 Å². The number of alkyl carbamates (subject to hydrolysis) is 1. The quantitative estimate of drug-likeness (QED) is 0.696. The molecule has 3 aromatic carbocycles. The third-order valence-corrected chi connectivity index (χ3v) is 4.08. The third kappa shape index (κ3) is 4.39. The average molecular weight is 349 g/mol. The van der Waals surface area contributed by atoms with Crippen molar-refractivity contribution in [1.29, 1.82) is 0 Å². The summed E-state index contributed by atoms with van der Waals surface area (Å²) in [7, 11) is 0. The lowest BCUT2D eigenvalue weighted by atomic mass is 9.97. The molecule has 0 fully saturated rings. The minimum Gasteiger partial charge on any atom is -0.481 e. The second kappa shape index (κ2) is 8.16. The molecule has 0 aliphatic heterocycles. The van der Waals surface area contributed by atoms with Gasteiger partial charge >= 0.3 is 12.1 Å². The molecule has 26 heavy (non-hydrogen) atoms. The lowest BCUT2D eigenvalue weighted by Gasteiger charge is -2.19. The summed E-state index contributed by atoms with van der Waals surface area (Å²) in [5.74, 6) is -0.994. The van der Waals surface area contributed by atoms with E-state index < -0.39 is 18.1 Å². The summed E-state index contributed by atoms with van der Waals surface area (Å²) < 4.78 is 5.23. The first-order chi connectivity index (χ1) is 12.6. The van der Waals surface area contributed by atoms with Gasteiger partial charge in [-0.05, 0) is 21.9 Å². The van der Waals surface area contributed by atoms with Crippen LogP contribution in [0.2, 0.25) is 0 Å². The maximum atomic E-state index is 12.2.